The summed E-state index contributed by atoms with van der Waals surface area (Å²) >= 11 is 3.46. The SMILES string of the molecule is CC(C)(C)OC(=O)N1CCC(CO)(c2cccc(Br)c2)C1. The van der Waals surface area contributed by atoms with Gasteiger partial charge in [0.1, 0.15) is 5.60 Å². The van der Waals surface area contributed by atoms with Crippen LogP contribution in [0, 0.1) is 0 Å². The van der Waals surface area contributed by atoms with Crippen LogP contribution in [0.15, 0.2) is 28.7 Å². The standard InChI is InChI=1S/C16H22BrNO3/c1-15(2,3)21-14(20)18-8-7-16(10-18,11-19)12-5-4-6-13(17)9-12/h4-6,9,19H,7-8,10-11H2,1-3H3. The lowest BCUT2D eigenvalue weighted by Gasteiger charge is -2.29. The molecule has 1 atom stereocenters. The van der Waals surface area contributed by atoms with Gasteiger partial charge in [-0.3, -0.25) is 0 Å². The third-order valence-corrected chi connectivity index (χ3v) is 4.24. The summed E-state index contributed by atoms with van der Waals surface area (Å²) in [5, 5.41) is 9.90. The minimum absolute atomic E-state index is 0.0166. The summed E-state index contributed by atoms with van der Waals surface area (Å²) in [5.74, 6) is 0. The molecule has 1 aromatic carbocycles. The topological polar surface area (TPSA) is 49.8 Å². The van der Waals surface area contributed by atoms with Crippen molar-refractivity contribution in [1.29, 1.82) is 0 Å². The zero-order valence-corrected chi connectivity index (χ0v) is 14.3. The minimum Gasteiger partial charge on any atom is -0.444 e. The summed E-state index contributed by atoms with van der Waals surface area (Å²) in [4.78, 5) is 13.9. The molecule has 116 valence electrons. The second-order valence-corrected chi connectivity index (χ2v) is 7.52. The molecular formula is C16H22BrNO3. The molecule has 0 saturated carbocycles. The Balaban J connectivity index is 2.16. The number of carbonyl (C=O) groups is 1. The molecule has 4 nitrogen and oxygen atoms in total. The highest BCUT2D eigenvalue weighted by Crippen LogP contribution is 2.36. The molecule has 1 unspecified atom stereocenters. The summed E-state index contributed by atoms with van der Waals surface area (Å²) in [5.41, 5.74) is 0.142. The first-order valence-corrected chi connectivity index (χ1v) is 7.90. The van der Waals surface area contributed by atoms with E-state index in [0.717, 1.165) is 16.5 Å². The first kappa shape index (κ1) is 16.3. The van der Waals surface area contributed by atoms with Crippen molar-refractivity contribution in [3.63, 3.8) is 0 Å². The number of aliphatic hydroxyl groups is 1. The molecule has 1 N–H and O–H groups in total. The van der Waals surface area contributed by atoms with Crippen LogP contribution in [0.3, 0.4) is 0 Å². The summed E-state index contributed by atoms with van der Waals surface area (Å²) in [7, 11) is 0. The molecule has 1 heterocycles. The third kappa shape index (κ3) is 3.77. The zero-order valence-electron chi connectivity index (χ0n) is 12.7. The van der Waals surface area contributed by atoms with Gasteiger partial charge >= 0.3 is 6.09 Å². The Labute approximate surface area is 134 Å². The second-order valence-electron chi connectivity index (χ2n) is 6.60. The predicted octanol–water partition coefficient (Wildman–Crippen LogP) is 3.32. The molecule has 0 bridgehead atoms. The van der Waals surface area contributed by atoms with E-state index in [-0.39, 0.29) is 12.7 Å². The average Bonchev–Trinajstić information content (AvgIpc) is 2.82. The Morgan fingerprint density at radius 2 is 2.19 bits per heavy atom. The molecule has 0 aliphatic carbocycles. The van der Waals surface area contributed by atoms with Crippen molar-refractivity contribution in [3.05, 3.63) is 34.3 Å². The average molecular weight is 356 g/mol. The van der Waals surface area contributed by atoms with E-state index in [9.17, 15) is 9.90 Å². The van der Waals surface area contributed by atoms with Gasteiger partial charge in [-0.1, -0.05) is 28.1 Å². The van der Waals surface area contributed by atoms with Gasteiger partial charge in [0.15, 0.2) is 0 Å². The van der Waals surface area contributed by atoms with Crippen LogP contribution >= 0.6 is 15.9 Å². The molecule has 1 amide bonds. The molecule has 1 saturated heterocycles. The Hall–Kier alpha value is -1.07. The van der Waals surface area contributed by atoms with E-state index in [4.69, 9.17) is 4.74 Å². The van der Waals surface area contributed by atoms with Gasteiger partial charge in [-0.15, -0.1) is 0 Å². The van der Waals surface area contributed by atoms with E-state index in [2.05, 4.69) is 15.9 Å². The van der Waals surface area contributed by atoms with E-state index < -0.39 is 11.0 Å². The quantitative estimate of drug-likeness (QED) is 0.885. The van der Waals surface area contributed by atoms with Gasteiger partial charge in [0.05, 0.1) is 6.61 Å². The fourth-order valence-electron chi connectivity index (χ4n) is 2.63. The molecule has 0 radical (unpaired) electrons. The lowest BCUT2D eigenvalue weighted by Crippen LogP contribution is -2.39. The van der Waals surface area contributed by atoms with Gasteiger partial charge in [-0.05, 0) is 44.9 Å². The second kappa shape index (κ2) is 5.97. The van der Waals surface area contributed by atoms with Crippen LogP contribution in [0.1, 0.15) is 32.8 Å². The molecule has 1 fully saturated rings. The number of hydrogen-bond donors (Lipinski definition) is 1. The van der Waals surface area contributed by atoms with Crippen LogP contribution in [0.25, 0.3) is 0 Å². The van der Waals surface area contributed by atoms with Crippen molar-refractivity contribution < 1.29 is 14.6 Å². The predicted molar refractivity (Wildman–Crippen MR) is 85.3 cm³/mol. The summed E-state index contributed by atoms with van der Waals surface area (Å²) in [6, 6.07) is 7.91. The van der Waals surface area contributed by atoms with Crippen molar-refractivity contribution in [2.24, 2.45) is 0 Å². The number of nitrogens with zero attached hydrogens (tertiary/aromatic N) is 1. The number of rotatable bonds is 2. The number of ether oxygens (including phenoxy) is 1. The smallest absolute Gasteiger partial charge is 0.410 e. The Morgan fingerprint density at radius 3 is 2.76 bits per heavy atom. The molecule has 2 rings (SSSR count). The van der Waals surface area contributed by atoms with Crippen molar-refractivity contribution in [3.8, 4) is 0 Å². The van der Waals surface area contributed by atoms with Crippen molar-refractivity contribution in [2.75, 3.05) is 19.7 Å². The summed E-state index contributed by atoms with van der Waals surface area (Å²) in [6.45, 7) is 6.66. The first-order chi connectivity index (χ1) is 9.76. The van der Waals surface area contributed by atoms with Gasteiger partial charge in [-0.25, -0.2) is 4.79 Å². The summed E-state index contributed by atoms with van der Waals surface area (Å²) in [6.07, 6.45) is 0.423. The van der Waals surface area contributed by atoms with Gasteiger partial charge in [-0.2, -0.15) is 0 Å². The van der Waals surface area contributed by atoms with E-state index in [1.165, 1.54) is 0 Å². The maximum atomic E-state index is 12.2. The fraction of sp³-hybridized carbons (Fsp3) is 0.562. The lowest BCUT2D eigenvalue weighted by atomic mass is 9.80. The number of aliphatic hydroxyl groups excluding tert-OH is 1. The van der Waals surface area contributed by atoms with E-state index >= 15 is 0 Å². The highest BCUT2D eigenvalue weighted by atomic mass is 79.9. The third-order valence-electron chi connectivity index (χ3n) is 3.75. The normalized spacial score (nSPS) is 22.4. The molecule has 0 spiro atoms. The number of amides is 1. The van der Waals surface area contributed by atoms with Crippen molar-refractivity contribution >= 4 is 22.0 Å². The highest BCUT2D eigenvalue weighted by Gasteiger charge is 2.42. The number of halogens is 1. The monoisotopic (exact) mass is 355 g/mol. The molecule has 21 heavy (non-hydrogen) atoms. The number of hydrogen-bond acceptors (Lipinski definition) is 3. The van der Waals surface area contributed by atoms with Gasteiger partial charge < -0.3 is 14.7 Å². The van der Waals surface area contributed by atoms with Gasteiger partial charge in [0.2, 0.25) is 0 Å². The number of likely N-dealkylation sites (tertiary alicyclic amines) is 1. The largest absolute Gasteiger partial charge is 0.444 e. The van der Waals surface area contributed by atoms with Crippen molar-refractivity contribution in [1.82, 2.24) is 4.90 Å². The Bertz CT molecular complexity index is 526. The maximum Gasteiger partial charge on any atom is 0.410 e. The number of carbonyl (C=O) groups excluding carboxylic acids is 1. The molecule has 0 aromatic heterocycles. The molecule has 1 aliphatic heterocycles. The molecule has 1 aliphatic rings. The maximum absolute atomic E-state index is 12.2. The molecule has 5 heteroatoms. The van der Waals surface area contributed by atoms with Crippen LogP contribution in [-0.2, 0) is 10.2 Å². The zero-order chi connectivity index (χ0) is 15.7. The van der Waals surface area contributed by atoms with E-state index in [1.807, 2.05) is 45.0 Å². The van der Waals surface area contributed by atoms with Crippen LogP contribution in [0.5, 0.6) is 0 Å². The van der Waals surface area contributed by atoms with Crippen LogP contribution in [-0.4, -0.2) is 41.4 Å². The highest BCUT2D eigenvalue weighted by molar-refractivity contribution is 9.10. The Morgan fingerprint density at radius 1 is 1.48 bits per heavy atom. The van der Waals surface area contributed by atoms with E-state index in [1.54, 1.807) is 4.90 Å². The van der Waals surface area contributed by atoms with Crippen LogP contribution in [0.2, 0.25) is 0 Å². The van der Waals surface area contributed by atoms with Crippen LogP contribution < -0.4 is 0 Å². The lowest BCUT2D eigenvalue weighted by molar-refractivity contribution is 0.0277. The Kier molecular flexibility index (Phi) is 4.63. The van der Waals surface area contributed by atoms with Crippen LogP contribution in [0.4, 0.5) is 4.79 Å². The first-order valence-electron chi connectivity index (χ1n) is 7.11. The van der Waals surface area contributed by atoms with Crippen molar-refractivity contribution in [2.45, 2.75) is 38.2 Å². The van der Waals surface area contributed by atoms with Gasteiger partial charge in [0, 0.05) is 23.0 Å². The van der Waals surface area contributed by atoms with E-state index in [0.29, 0.717) is 13.1 Å². The molecule has 1 aromatic rings. The number of benzene rings is 1. The van der Waals surface area contributed by atoms with Gasteiger partial charge in [0.25, 0.3) is 0 Å². The summed E-state index contributed by atoms with van der Waals surface area (Å²) < 4.78 is 6.39. The molecular weight excluding hydrogens is 334 g/mol. The fourth-order valence-corrected chi connectivity index (χ4v) is 3.03. The minimum atomic E-state index is -0.503.